The van der Waals surface area contributed by atoms with Crippen LogP contribution < -0.4 is 4.90 Å². The molecule has 0 spiro atoms. The molecule has 1 atom stereocenters. The van der Waals surface area contributed by atoms with Crippen molar-refractivity contribution in [3.05, 3.63) is 36.0 Å². The summed E-state index contributed by atoms with van der Waals surface area (Å²) in [6.07, 6.45) is 6.35. The normalized spacial score (nSPS) is 19.3. The number of hydrogen-bond donors (Lipinski definition) is 0. The van der Waals surface area contributed by atoms with E-state index in [2.05, 4.69) is 43.8 Å². The molecule has 5 heteroatoms. The molecule has 0 aliphatic carbocycles. The molecule has 106 valence electrons. The quantitative estimate of drug-likeness (QED) is 0.860. The molecule has 20 heavy (non-hydrogen) atoms. The van der Waals surface area contributed by atoms with Crippen LogP contribution in [-0.2, 0) is 6.54 Å². The second-order valence-corrected chi connectivity index (χ2v) is 5.39. The van der Waals surface area contributed by atoms with Crippen molar-refractivity contribution in [2.75, 3.05) is 18.0 Å². The molecule has 2 aromatic rings. The fourth-order valence-corrected chi connectivity index (χ4v) is 2.90. The number of nitrogens with zero attached hydrogens (tertiary/aromatic N) is 5. The summed E-state index contributed by atoms with van der Waals surface area (Å²) in [6, 6.07) is 4.09. The van der Waals surface area contributed by atoms with Crippen molar-refractivity contribution in [3.63, 3.8) is 0 Å². The molecule has 1 aliphatic rings. The van der Waals surface area contributed by atoms with Crippen molar-refractivity contribution in [1.82, 2.24) is 19.7 Å². The lowest BCUT2D eigenvalue weighted by molar-refractivity contribution is 0.471. The first-order valence-corrected chi connectivity index (χ1v) is 7.34. The highest BCUT2D eigenvalue weighted by molar-refractivity contribution is 5.38. The Morgan fingerprint density at radius 3 is 2.95 bits per heavy atom. The Bertz CT molecular complexity index is 560. The van der Waals surface area contributed by atoms with Gasteiger partial charge in [-0.3, -0.25) is 0 Å². The predicted molar refractivity (Wildman–Crippen MR) is 78.9 cm³/mol. The third-order valence-corrected chi connectivity index (χ3v) is 3.98. The molecule has 1 fully saturated rings. The highest BCUT2D eigenvalue weighted by atomic mass is 15.3. The third-order valence-electron chi connectivity index (χ3n) is 3.98. The second kappa shape index (κ2) is 5.61. The molecule has 0 bridgehead atoms. The average molecular weight is 271 g/mol. The van der Waals surface area contributed by atoms with Gasteiger partial charge < -0.3 is 9.47 Å². The average Bonchev–Trinajstić information content (AvgIpc) is 2.96. The predicted octanol–water partition coefficient (Wildman–Crippen LogP) is 2.39. The fraction of sp³-hybridized carbons (Fsp3) is 0.533. The van der Waals surface area contributed by atoms with Crippen LogP contribution in [0.1, 0.15) is 37.2 Å². The summed E-state index contributed by atoms with van der Waals surface area (Å²) >= 11 is 0. The number of hydrogen-bond acceptors (Lipinski definition) is 4. The maximum atomic E-state index is 4.55. The molecule has 0 aromatic carbocycles. The first kappa shape index (κ1) is 13.1. The number of piperidine rings is 1. The standard InChI is InChI=1S/C15H21N5/c1-3-19-10-8-16-15(19)13-5-4-9-20(11-13)14-7-6-12(2)17-18-14/h6-8,10,13H,3-5,9,11H2,1-2H3. The van der Waals surface area contributed by atoms with Crippen LogP contribution in [0.5, 0.6) is 0 Å². The molecule has 0 amide bonds. The van der Waals surface area contributed by atoms with Crippen molar-refractivity contribution in [1.29, 1.82) is 0 Å². The molecule has 3 rings (SSSR count). The SMILES string of the molecule is CCn1ccnc1C1CCCN(c2ccc(C)nn2)C1. The van der Waals surface area contributed by atoms with Gasteiger partial charge in [0.2, 0.25) is 0 Å². The highest BCUT2D eigenvalue weighted by Gasteiger charge is 2.25. The lowest BCUT2D eigenvalue weighted by atomic mass is 9.97. The third kappa shape index (κ3) is 2.53. The van der Waals surface area contributed by atoms with E-state index in [9.17, 15) is 0 Å². The van der Waals surface area contributed by atoms with Crippen LogP contribution in [0.3, 0.4) is 0 Å². The Labute approximate surface area is 119 Å². The van der Waals surface area contributed by atoms with Crippen LogP contribution in [0.2, 0.25) is 0 Å². The van der Waals surface area contributed by atoms with Gasteiger partial charge in [0.15, 0.2) is 5.82 Å². The summed E-state index contributed by atoms with van der Waals surface area (Å²) in [4.78, 5) is 6.88. The molecule has 2 aromatic heterocycles. The van der Waals surface area contributed by atoms with Crippen LogP contribution >= 0.6 is 0 Å². The number of aromatic nitrogens is 4. The van der Waals surface area contributed by atoms with Gasteiger partial charge in [-0.1, -0.05) is 0 Å². The van der Waals surface area contributed by atoms with E-state index in [1.165, 1.54) is 18.7 Å². The van der Waals surface area contributed by atoms with E-state index in [-0.39, 0.29) is 0 Å². The van der Waals surface area contributed by atoms with Crippen molar-refractivity contribution >= 4 is 5.82 Å². The smallest absolute Gasteiger partial charge is 0.151 e. The van der Waals surface area contributed by atoms with Gasteiger partial charge in [-0.05, 0) is 38.8 Å². The monoisotopic (exact) mass is 271 g/mol. The van der Waals surface area contributed by atoms with E-state index in [4.69, 9.17) is 0 Å². The maximum absolute atomic E-state index is 4.55. The summed E-state index contributed by atoms with van der Waals surface area (Å²) in [5.74, 6) is 2.67. The molecule has 1 saturated heterocycles. The minimum Gasteiger partial charge on any atom is -0.354 e. The Balaban J connectivity index is 1.78. The molecule has 5 nitrogen and oxygen atoms in total. The van der Waals surface area contributed by atoms with Gasteiger partial charge in [0, 0.05) is 37.9 Å². The minimum atomic E-state index is 0.488. The second-order valence-electron chi connectivity index (χ2n) is 5.39. The Kier molecular flexibility index (Phi) is 3.67. The Hall–Kier alpha value is -1.91. The molecular weight excluding hydrogens is 250 g/mol. The Morgan fingerprint density at radius 2 is 2.20 bits per heavy atom. The number of imidazole rings is 1. The Morgan fingerprint density at radius 1 is 1.30 bits per heavy atom. The van der Waals surface area contributed by atoms with Crippen LogP contribution in [0.25, 0.3) is 0 Å². The highest BCUT2D eigenvalue weighted by Crippen LogP contribution is 2.28. The summed E-state index contributed by atoms with van der Waals surface area (Å²) in [5, 5.41) is 8.47. The summed E-state index contributed by atoms with van der Waals surface area (Å²) in [6.45, 7) is 7.15. The van der Waals surface area contributed by atoms with Crippen molar-refractivity contribution < 1.29 is 0 Å². The first-order valence-electron chi connectivity index (χ1n) is 7.34. The lowest BCUT2D eigenvalue weighted by Gasteiger charge is -2.33. The van der Waals surface area contributed by atoms with E-state index in [1.807, 2.05) is 19.2 Å². The zero-order valence-electron chi connectivity index (χ0n) is 12.2. The summed E-state index contributed by atoms with van der Waals surface area (Å²) in [5.41, 5.74) is 0.962. The molecule has 0 radical (unpaired) electrons. The zero-order chi connectivity index (χ0) is 13.9. The topological polar surface area (TPSA) is 46.8 Å². The number of anilines is 1. The van der Waals surface area contributed by atoms with Gasteiger partial charge in [0.1, 0.15) is 5.82 Å². The summed E-state index contributed by atoms with van der Waals surface area (Å²) < 4.78 is 2.25. The lowest BCUT2D eigenvalue weighted by Crippen LogP contribution is -2.36. The van der Waals surface area contributed by atoms with Crippen molar-refractivity contribution in [3.8, 4) is 0 Å². The van der Waals surface area contributed by atoms with E-state index >= 15 is 0 Å². The molecule has 0 saturated carbocycles. The van der Waals surface area contributed by atoms with E-state index in [1.54, 1.807) is 0 Å². The van der Waals surface area contributed by atoms with Gasteiger partial charge >= 0.3 is 0 Å². The van der Waals surface area contributed by atoms with Crippen molar-refractivity contribution in [2.45, 2.75) is 39.2 Å². The molecule has 1 unspecified atom stereocenters. The maximum Gasteiger partial charge on any atom is 0.151 e. The largest absolute Gasteiger partial charge is 0.354 e. The molecule has 0 N–H and O–H groups in total. The molecule has 1 aliphatic heterocycles. The number of rotatable bonds is 3. The van der Waals surface area contributed by atoms with Crippen LogP contribution in [0.15, 0.2) is 24.5 Å². The summed E-state index contributed by atoms with van der Waals surface area (Å²) in [7, 11) is 0. The van der Waals surface area contributed by atoms with E-state index < -0.39 is 0 Å². The van der Waals surface area contributed by atoms with Gasteiger partial charge in [-0.2, -0.15) is 5.10 Å². The van der Waals surface area contributed by atoms with Gasteiger partial charge in [0.05, 0.1) is 5.69 Å². The molecule has 3 heterocycles. The van der Waals surface area contributed by atoms with E-state index in [0.29, 0.717) is 5.92 Å². The van der Waals surface area contributed by atoms with Crippen molar-refractivity contribution in [2.24, 2.45) is 0 Å². The van der Waals surface area contributed by atoms with Gasteiger partial charge in [-0.25, -0.2) is 4.98 Å². The minimum absolute atomic E-state index is 0.488. The van der Waals surface area contributed by atoms with E-state index in [0.717, 1.165) is 31.1 Å². The van der Waals surface area contributed by atoms with Crippen LogP contribution in [-0.4, -0.2) is 32.8 Å². The van der Waals surface area contributed by atoms with Gasteiger partial charge in [0.25, 0.3) is 0 Å². The molecular formula is C15H21N5. The number of aryl methyl sites for hydroxylation is 2. The van der Waals surface area contributed by atoms with Gasteiger partial charge in [-0.15, -0.1) is 5.10 Å². The fourth-order valence-electron chi connectivity index (χ4n) is 2.90. The van der Waals surface area contributed by atoms with Crippen LogP contribution in [0, 0.1) is 6.92 Å². The zero-order valence-corrected chi connectivity index (χ0v) is 12.2. The first-order chi connectivity index (χ1) is 9.78. The van der Waals surface area contributed by atoms with Crippen LogP contribution in [0.4, 0.5) is 5.82 Å².